The predicted octanol–water partition coefficient (Wildman–Crippen LogP) is 2.42. The van der Waals surface area contributed by atoms with Crippen molar-refractivity contribution in [1.82, 2.24) is 4.98 Å². The van der Waals surface area contributed by atoms with E-state index in [4.69, 9.17) is 10.5 Å². The number of benzene rings is 1. The van der Waals surface area contributed by atoms with E-state index < -0.39 is 5.82 Å². The maximum absolute atomic E-state index is 13.4. The molecule has 0 unspecified atom stereocenters. The van der Waals surface area contributed by atoms with Crippen LogP contribution in [0, 0.1) is 5.82 Å². The number of nitrogens with zero attached hydrogens (tertiary/aromatic N) is 1. The third-order valence-corrected chi connectivity index (χ3v) is 2.35. The summed E-state index contributed by atoms with van der Waals surface area (Å²) in [4.78, 5) is 3.92. The van der Waals surface area contributed by atoms with E-state index in [0.717, 1.165) is 5.56 Å². The first kappa shape index (κ1) is 11.4. The molecular weight excluding hydrogens is 219 g/mol. The number of nitrogen functional groups attached to an aromatic ring is 1. The minimum Gasteiger partial charge on any atom is -0.490 e. The molecule has 0 aliphatic rings. The number of halogens is 1. The van der Waals surface area contributed by atoms with Crippen molar-refractivity contribution in [3.63, 3.8) is 0 Å². The quantitative estimate of drug-likeness (QED) is 0.823. The van der Waals surface area contributed by atoms with Crippen molar-refractivity contribution in [3.05, 3.63) is 54.1 Å². The summed E-state index contributed by atoms with van der Waals surface area (Å²) in [5.74, 6) is -0.201. The molecule has 0 aliphatic heterocycles. The van der Waals surface area contributed by atoms with E-state index >= 15 is 0 Å². The van der Waals surface area contributed by atoms with Crippen molar-refractivity contribution in [3.8, 4) is 5.75 Å². The fraction of sp³-hybridized carbons (Fsp3) is 0.154. The SMILES string of the molecule is Nc1ccc(OCCc2ccncc2)c(F)c1. The van der Waals surface area contributed by atoms with Crippen molar-refractivity contribution < 1.29 is 9.13 Å². The summed E-state index contributed by atoms with van der Waals surface area (Å²) in [5, 5.41) is 0. The summed E-state index contributed by atoms with van der Waals surface area (Å²) in [7, 11) is 0. The Morgan fingerprint density at radius 2 is 1.94 bits per heavy atom. The van der Waals surface area contributed by atoms with Crippen LogP contribution in [0.4, 0.5) is 10.1 Å². The molecule has 0 bridgehead atoms. The Morgan fingerprint density at radius 1 is 1.18 bits per heavy atom. The minimum atomic E-state index is -0.431. The molecule has 3 nitrogen and oxygen atoms in total. The van der Waals surface area contributed by atoms with Crippen molar-refractivity contribution >= 4 is 5.69 Å². The van der Waals surface area contributed by atoms with Gasteiger partial charge in [0.25, 0.3) is 0 Å². The van der Waals surface area contributed by atoms with Crippen molar-refractivity contribution in [1.29, 1.82) is 0 Å². The van der Waals surface area contributed by atoms with E-state index in [-0.39, 0.29) is 5.75 Å². The molecule has 1 heterocycles. The summed E-state index contributed by atoms with van der Waals surface area (Å²) < 4.78 is 18.7. The fourth-order valence-corrected chi connectivity index (χ4v) is 1.46. The first-order valence-electron chi connectivity index (χ1n) is 5.32. The lowest BCUT2D eigenvalue weighted by molar-refractivity contribution is 0.305. The van der Waals surface area contributed by atoms with Gasteiger partial charge in [0, 0.05) is 30.6 Å². The van der Waals surface area contributed by atoms with E-state index in [1.807, 2.05) is 12.1 Å². The van der Waals surface area contributed by atoms with Crippen LogP contribution in [0.2, 0.25) is 0 Å². The zero-order valence-electron chi connectivity index (χ0n) is 9.27. The Balaban J connectivity index is 1.90. The van der Waals surface area contributed by atoms with Gasteiger partial charge in [-0.2, -0.15) is 0 Å². The number of rotatable bonds is 4. The van der Waals surface area contributed by atoms with Gasteiger partial charge in [-0.05, 0) is 29.8 Å². The van der Waals surface area contributed by atoms with Gasteiger partial charge in [-0.15, -0.1) is 0 Å². The Morgan fingerprint density at radius 3 is 2.65 bits per heavy atom. The van der Waals surface area contributed by atoms with Crippen LogP contribution in [0.3, 0.4) is 0 Å². The molecule has 17 heavy (non-hydrogen) atoms. The van der Waals surface area contributed by atoms with Crippen LogP contribution in [-0.4, -0.2) is 11.6 Å². The van der Waals surface area contributed by atoms with Gasteiger partial charge in [0.15, 0.2) is 11.6 Å². The lowest BCUT2D eigenvalue weighted by Crippen LogP contribution is -2.03. The highest BCUT2D eigenvalue weighted by Gasteiger charge is 2.03. The summed E-state index contributed by atoms with van der Waals surface area (Å²) in [6.07, 6.45) is 4.16. The van der Waals surface area contributed by atoms with Crippen LogP contribution in [0.25, 0.3) is 0 Å². The molecule has 0 amide bonds. The lowest BCUT2D eigenvalue weighted by atomic mass is 10.2. The van der Waals surface area contributed by atoms with Crippen LogP contribution in [-0.2, 0) is 6.42 Å². The van der Waals surface area contributed by atoms with Gasteiger partial charge in [0.05, 0.1) is 6.61 Å². The van der Waals surface area contributed by atoms with Crippen molar-refractivity contribution in [2.24, 2.45) is 0 Å². The zero-order chi connectivity index (χ0) is 12.1. The molecule has 2 aromatic rings. The monoisotopic (exact) mass is 232 g/mol. The molecule has 0 spiro atoms. The standard InChI is InChI=1S/C13H13FN2O/c14-12-9-11(15)1-2-13(12)17-8-5-10-3-6-16-7-4-10/h1-4,6-7,9H,5,8,15H2. The van der Waals surface area contributed by atoms with Crippen molar-refractivity contribution in [2.45, 2.75) is 6.42 Å². The van der Waals surface area contributed by atoms with E-state index in [2.05, 4.69) is 4.98 Å². The molecule has 4 heteroatoms. The Bertz CT molecular complexity index is 488. The molecule has 0 atom stereocenters. The maximum atomic E-state index is 13.4. The third-order valence-electron chi connectivity index (χ3n) is 2.35. The van der Waals surface area contributed by atoms with Crippen molar-refractivity contribution in [2.75, 3.05) is 12.3 Å². The highest BCUT2D eigenvalue weighted by molar-refractivity contribution is 5.42. The van der Waals surface area contributed by atoms with Crippen LogP contribution < -0.4 is 10.5 Å². The number of hydrogen-bond donors (Lipinski definition) is 1. The first-order valence-corrected chi connectivity index (χ1v) is 5.32. The van der Waals surface area contributed by atoms with Gasteiger partial charge in [0.2, 0.25) is 0 Å². The summed E-state index contributed by atoms with van der Waals surface area (Å²) in [5.41, 5.74) is 6.94. The van der Waals surface area contributed by atoms with Gasteiger partial charge >= 0.3 is 0 Å². The van der Waals surface area contributed by atoms with E-state index in [1.54, 1.807) is 18.5 Å². The van der Waals surface area contributed by atoms with E-state index in [1.165, 1.54) is 12.1 Å². The number of hydrogen-bond acceptors (Lipinski definition) is 3. The second kappa shape index (κ2) is 5.30. The number of pyridine rings is 1. The van der Waals surface area contributed by atoms with Gasteiger partial charge in [0.1, 0.15) is 0 Å². The van der Waals surface area contributed by atoms with Crippen LogP contribution in [0.5, 0.6) is 5.75 Å². The van der Waals surface area contributed by atoms with Gasteiger partial charge in [-0.1, -0.05) is 0 Å². The van der Waals surface area contributed by atoms with Gasteiger partial charge < -0.3 is 10.5 Å². The average molecular weight is 232 g/mol. The molecule has 2 N–H and O–H groups in total. The normalized spacial score (nSPS) is 10.2. The largest absolute Gasteiger partial charge is 0.490 e. The summed E-state index contributed by atoms with van der Waals surface area (Å²) >= 11 is 0. The molecular formula is C13H13FN2O. The molecule has 88 valence electrons. The molecule has 0 radical (unpaired) electrons. The second-order valence-corrected chi connectivity index (χ2v) is 3.64. The predicted molar refractivity (Wildman–Crippen MR) is 64.2 cm³/mol. The Kier molecular flexibility index (Phi) is 3.55. The maximum Gasteiger partial charge on any atom is 0.167 e. The smallest absolute Gasteiger partial charge is 0.167 e. The van der Waals surface area contributed by atoms with Crippen LogP contribution in [0.1, 0.15) is 5.56 Å². The highest BCUT2D eigenvalue weighted by Crippen LogP contribution is 2.19. The number of anilines is 1. The van der Waals surface area contributed by atoms with E-state index in [9.17, 15) is 4.39 Å². The lowest BCUT2D eigenvalue weighted by Gasteiger charge is -2.07. The summed E-state index contributed by atoms with van der Waals surface area (Å²) in [6, 6.07) is 8.22. The number of nitrogens with two attached hydrogens (primary N) is 1. The average Bonchev–Trinajstić information content (AvgIpc) is 2.33. The third kappa shape index (κ3) is 3.17. The minimum absolute atomic E-state index is 0.230. The summed E-state index contributed by atoms with van der Waals surface area (Å²) in [6.45, 7) is 0.421. The molecule has 0 aliphatic carbocycles. The van der Waals surface area contributed by atoms with Crippen LogP contribution in [0.15, 0.2) is 42.7 Å². The second-order valence-electron chi connectivity index (χ2n) is 3.64. The Labute approximate surface area is 99.1 Å². The molecule has 0 fully saturated rings. The molecule has 1 aromatic heterocycles. The van der Waals surface area contributed by atoms with Crippen LogP contribution >= 0.6 is 0 Å². The van der Waals surface area contributed by atoms with Gasteiger partial charge in [-0.25, -0.2) is 4.39 Å². The fourth-order valence-electron chi connectivity index (χ4n) is 1.46. The number of ether oxygens (including phenoxy) is 1. The Hall–Kier alpha value is -2.10. The molecule has 0 saturated carbocycles. The molecule has 1 aromatic carbocycles. The molecule has 0 saturated heterocycles. The topological polar surface area (TPSA) is 48.1 Å². The van der Waals surface area contributed by atoms with Gasteiger partial charge in [-0.3, -0.25) is 4.98 Å². The molecule has 2 rings (SSSR count). The highest BCUT2D eigenvalue weighted by atomic mass is 19.1. The van der Waals surface area contributed by atoms with E-state index in [0.29, 0.717) is 18.7 Å². The first-order chi connectivity index (χ1) is 8.25. The zero-order valence-corrected chi connectivity index (χ0v) is 9.27. The number of aromatic nitrogens is 1.